The van der Waals surface area contributed by atoms with E-state index in [0.717, 1.165) is 6.42 Å². The summed E-state index contributed by atoms with van der Waals surface area (Å²) in [4.78, 5) is 0.189. The van der Waals surface area contributed by atoms with Crippen molar-refractivity contribution < 1.29 is 13.2 Å². The molecular weight excluding hydrogens is 276 g/mol. The van der Waals surface area contributed by atoms with Gasteiger partial charge in [-0.25, -0.2) is 13.1 Å². The Morgan fingerprint density at radius 2 is 2.15 bits per heavy atom. The molecule has 1 aromatic rings. The van der Waals surface area contributed by atoms with E-state index in [1.165, 1.54) is 32.1 Å². The topological polar surface area (TPSA) is 81.4 Å². The summed E-state index contributed by atoms with van der Waals surface area (Å²) in [6, 6.07) is 4.50. The zero-order chi connectivity index (χ0) is 14.8. The first-order valence-electron chi connectivity index (χ1n) is 6.87. The standard InChI is InChI=1S/C14H22N2O3S/c1-10-4-3-5-11(10)9-16-20(17,18)12-6-7-13(15)14(8-12)19-2/h6-8,10-11,16H,3-5,9,15H2,1-2H3. The number of hydrogen-bond donors (Lipinski definition) is 2. The average molecular weight is 298 g/mol. The van der Waals surface area contributed by atoms with Crippen LogP contribution in [-0.2, 0) is 10.0 Å². The van der Waals surface area contributed by atoms with Crippen LogP contribution in [0.15, 0.2) is 23.1 Å². The summed E-state index contributed by atoms with van der Waals surface area (Å²) in [6.07, 6.45) is 3.46. The van der Waals surface area contributed by atoms with E-state index in [-0.39, 0.29) is 4.90 Å². The van der Waals surface area contributed by atoms with Gasteiger partial charge in [0.2, 0.25) is 10.0 Å². The van der Waals surface area contributed by atoms with Crippen LogP contribution in [0.1, 0.15) is 26.2 Å². The molecule has 0 spiro atoms. The Morgan fingerprint density at radius 1 is 1.40 bits per heavy atom. The van der Waals surface area contributed by atoms with E-state index in [9.17, 15) is 8.42 Å². The maximum atomic E-state index is 12.3. The molecule has 0 amide bonds. The summed E-state index contributed by atoms with van der Waals surface area (Å²) in [5.41, 5.74) is 6.12. The van der Waals surface area contributed by atoms with Gasteiger partial charge in [-0.05, 0) is 30.4 Å². The van der Waals surface area contributed by atoms with Gasteiger partial charge in [-0.1, -0.05) is 19.8 Å². The number of hydrogen-bond acceptors (Lipinski definition) is 4. The number of anilines is 1. The van der Waals surface area contributed by atoms with Crippen LogP contribution in [0.2, 0.25) is 0 Å². The highest BCUT2D eigenvalue weighted by Gasteiger charge is 2.25. The van der Waals surface area contributed by atoms with Crippen molar-refractivity contribution in [2.75, 3.05) is 19.4 Å². The van der Waals surface area contributed by atoms with E-state index < -0.39 is 10.0 Å². The highest BCUT2D eigenvalue weighted by molar-refractivity contribution is 7.89. The Bertz CT molecular complexity index is 572. The van der Waals surface area contributed by atoms with E-state index >= 15 is 0 Å². The van der Waals surface area contributed by atoms with Crippen molar-refractivity contribution in [2.24, 2.45) is 11.8 Å². The molecule has 1 aromatic carbocycles. The first-order valence-corrected chi connectivity index (χ1v) is 8.35. The van der Waals surface area contributed by atoms with E-state index in [2.05, 4.69) is 11.6 Å². The summed E-state index contributed by atoms with van der Waals surface area (Å²) < 4.78 is 32.3. The number of sulfonamides is 1. The van der Waals surface area contributed by atoms with Crippen molar-refractivity contribution in [2.45, 2.75) is 31.1 Å². The fraction of sp³-hybridized carbons (Fsp3) is 0.571. The van der Waals surface area contributed by atoms with Gasteiger partial charge in [0, 0.05) is 12.6 Å². The first-order chi connectivity index (χ1) is 9.44. The monoisotopic (exact) mass is 298 g/mol. The van der Waals surface area contributed by atoms with Crippen molar-refractivity contribution in [1.82, 2.24) is 4.72 Å². The van der Waals surface area contributed by atoms with Crippen LogP contribution in [0.25, 0.3) is 0 Å². The SMILES string of the molecule is COc1cc(S(=O)(=O)NCC2CCCC2C)ccc1N. The van der Waals surface area contributed by atoms with Crippen LogP contribution in [0.4, 0.5) is 5.69 Å². The summed E-state index contributed by atoms with van der Waals surface area (Å²) >= 11 is 0. The number of methoxy groups -OCH3 is 1. The van der Waals surface area contributed by atoms with E-state index in [4.69, 9.17) is 10.5 Å². The molecule has 0 heterocycles. The van der Waals surface area contributed by atoms with Crippen molar-refractivity contribution in [3.05, 3.63) is 18.2 Å². The van der Waals surface area contributed by atoms with E-state index in [1.54, 1.807) is 6.07 Å². The molecule has 0 bridgehead atoms. The number of ether oxygens (including phenoxy) is 1. The largest absolute Gasteiger partial charge is 0.495 e. The lowest BCUT2D eigenvalue weighted by molar-refractivity contribution is 0.412. The third-order valence-corrected chi connectivity index (χ3v) is 5.51. The van der Waals surface area contributed by atoms with Gasteiger partial charge in [-0.2, -0.15) is 0 Å². The lowest BCUT2D eigenvalue weighted by Gasteiger charge is -2.16. The van der Waals surface area contributed by atoms with Crippen LogP contribution in [0.5, 0.6) is 5.75 Å². The molecule has 1 fully saturated rings. The quantitative estimate of drug-likeness (QED) is 0.815. The normalized spacial score (nSPS) is 22.9. The molecule has 0 aliphatic heterocycles. The Kier molecular flexibility index (Phi) is 4.55. The fourth-order valence-corrected chi connectivity index (χ4v) is 3.79. The zero-order valence-electron chi connectivity index (χ0n) is 11.9. The number of rotatable bonds is 5. The molecule has 1 aliphatic rings. The van der Waals surface area contributed by atoms with Gasteiger partial charge in [-0.3, -0.25) is 0 Å². The third-order valence-electron chi connectivity index (χ3n) is 4.09. The second-order valence-corrected chi connectivity index (χ2v) is 7.19. The van der Waals surface area contributed by atoms with Gasteiger partial charge in [0.05, 0.1) is 17.7 Å². The van der Waals surface area contributed by atoms with Crippen LogP contribution in [0.3, 0.4) is 0 Å². The third kappa shape index (κ3) is 3.24. The minimum atomic E-state index is -3.51. The lowest BCUT2D eigenvalue weighted by Crippen LogP contribution is -2.30. The van der Waals surface area contributed by atoms with Crippen LogP contribution < -0.4 is 15.2 Å². The predicted octanol–water partition coefficient (Wildman–Crippen LogP) is 1.99. The van der Waals surface area contributed by atoms with Gasteiger partial charge >= 0.3 is 0 Å². The molecule has 1 aliphatic carbocycles. The number of nitrogen functional groups attached to an aromatic ring is 1. The minimum Gasteiger partial charge on any atom is -0.495 e. The fourth-order valence-electron chi connectivity index (χ4n) is 2.68. The molecule has 2 unspecified atom stereocenters. The molecule has 1 saturated carbocycles. The summed E-state index contributed by atoms with van der Waals surface area (Å²) in [5.74, 6) is 1.39. The van der Waals surface area contributed by atoms with Crippen molar-refractivity contribution in [1.29, 1.82) is 0 Å². The second-order valence-electron chi connectivity index (χ2n) is 5.42. The van der Waals surface area contributed by atoms with Gasteiger partial charge in [0.15, 0.2) is 0 Å². The molecule has 0 saturated heterocycles. The molecule has 3 N–H and O–H groups in total. The first kappa shape index (κ1) is 15.1. The Labute approximate surface area is 120 Å². The lowest BCUT2D eigenvalue weighted by atomic mass is 9.99. The predicted molar refractivity (Wildman–Crippen MR) is 79.1 cm³/mol. The van der Waals surface area contributed by atoms with Crippen LogP contribution in [0, 0.1) is 11.8 Å². The molecule has 2 atom stereocenters. The van der Waals surface area contributed by atoms with E-state index in [1.807, 2.05) is 0 Å². The maximum absolute atomic E-state index is 12.3. The maximum Gasteiger partial charge on any atom is 0.240 e. The highest BCUT2D eigenvalue weighted by atomic mass is 32.2. The molecule has 20 heavy (non-hydrogen) atoms. The molecule has 5 nitrogen and oxygen atoms in total. The smallest absolute Gasteiger partial charge is 0.240 e. The molecule has 6 heteroatoms. The number of nitrogens with two attached hydrogens (primary N) is 1. The van der Waals surface area contributed by atoms with E-state index in [0.29, 0.717) is 29.8 Å². The Balaban J connectivity index is 2.10. The van der Waals surface area contributed by atoms with Gasteiger partial charge < -0.3 is 10.5 Å². The van der Waals surface area contributed by atoms with Gasteiger partial charge in [-0.15, -0.1) is 0 Å². The second kappa shape index (κ2) is 6.01. The van der Waals surface area contributed by atoms with Crippen LogP contribution >= 0.6 is 0 Å². The molecule has 2 rings (SSSR count). The van der Waals surface area contributed by atoms with Crippen molar-refractivity contribution in [3.63, 3.8) is 0 Å². The van der Waals surface area contributed by atoms with Crippen molar-refractivity contribution in [3.8, 4) is 5.75 Å². The minimum absolute atomic E-state index is 0.189. The van der Waals surface area contributed by atoms with Crippen molar-refractivity contribution >= 4 is 15.7 Å². The molecule has 0 aromatic heterocycles. The molecule has 112 valence electrons. The Hall–Kier alpha value is -1.27. The summed E-state index contributed by atoms with van der Waals surface area (Å²) in [6.45, 7) is 2.68. The summed E-state index contributed by atoms with van der Waals surface area (Å²) in [5, 5.41) is 0. The highest BCUT2D eigenvalue weighted by Crippen LogP contribution is 2.31. The van der Waals surface area contributed by atoms with Gasteiger partial charge in [0.25, 0.3) is 0 Å². The number of benzene rings is 1. The summed E-state index contributed by atoms with van der Waals surface area (Å²) in [7, 11) is -2.04. The molecule has 0 radical (unpaired) electrons. The molecular formula is C14H22N2O3S. The van der Waals surface area contributed by atoms with Crippen LogP contribution in [-0.4, -0.2) is 22.1 Å². The number of nitrogens with one attached hydrogen (secondary N) is 1. The zero-order valence-corrected chi connectivity index (χ0v) is 12.7. The van der Waals surface area contributed by atoms with Gasteiger partial charge in [0.1, 0.15) is 5.75 Å². The Morgan fingerprint density at radius 3 is 2.75 bits per heavy atom. The average Bonchev–Trinajstić information content (AvgIpc) is 2.82.